The second kappa shape index (κ2) is 7.42. The molecule has 2 aliphatic rings. The molecule has 0 saturated carbocycles. The zero-order chi connectivity index (χ0) is 19.7. The van der Waals surface area contributed by atoms with Gasteiger partial charge in [0.2, 0.25) is 5.91 Å². The second-order valence-corrected chi connectivity index (χ2v) is 7.24. The van der Waals surface area contributed by atoms with E-state index in [0.717, 1.165) is 34.9 Å². The van der Waals surface area contributed by atoms with Crippen molar-refractivity contribution in [3.8, 4) is 0 Å². The molecule has 0 aliphatic carbocycles. The van der Waals surface area contributed by atoms with Crippen LogP contribution in [0.3, 0.4) is 0 Å². The van der Waals surface area contributed by atoms with E-state index < -0.39 is 11.8 Å². The number of fused-ring (bicyclic) bond motifs is 1. The predicted octanol–water partition coefficient (Wildman–Crippen LogP) is 1.90. The highest BCUT2D eigenvalue weighted by Crippen LogP contribution is 2.23. The van der Waals surface area contributed by atoms with Crippen molar-refractivity contribution in [1.82, 2.24) is 15.2 Å². The van der Waals surface area contributed by atoms with Crippen LogP contribution in [-0.4, -0.2) is 47.2 Å². The average molecular weight is 378 g/mol. The number of anilines is 1. The van der Waals surface area contributed by atoms with E-state index in [4.69, 9.17) is 0 Å². The lowest BCUT2D eigenvalue weighted by atomic mass is 10.1. The Hall–Kier alpha value is -3.22. The Bertz CT molecular complexity index is 950. The maximum atomic E-state index is 12.5. The molecule has 2 aliphatic heterocycles. The first-order valence-corrected chi connectivity index (χ1v) is 9.46. The number of nitrogens with zero attached hydrogens (tertiary/aromatic N) is 3. The number of carbonyl (C=O) groups excluding carboxylic acids is 3. The summed E-state index contributed by atoms with van der Waals surface area (Å²) in [6.45, 7) is 3.91. The van der Waals surface area contributed by atoms with Crippen molar-refractivity contribution in [2.24, 2.45) is 0 Å². The fourth-order valence-electron chi connectivity index (χ4n) is 3.64. The molecule has 1 saturated heterocycles. The summed E-state index contributed by atoms with van der Waals surface area (Å²) in [6.07, 6.45) is 4.08. The van der Waals surface area contributed by atoms with Crippen LogP contribution in [-0.2, 0) is 11.3 Å². The van der Waals surface area contributed by atoms with Gasteiger partial charge >= 0.3 is 0 Å². The molecule has 144 valence electrons. The molecule has 0 spiro atoms. The molecule has 1 N–H and O–H groups in total. The Morgan fingerprint density at radius 3 is 2.61 bits per heavy atom. The minimum absolute atomic E-state index is 0.282. The predicted molar refractivity (Wildman–Crippen MR) is 104 cm³/mol. The van der Waals surface area contributed by atoms with Gasteiger partial charge < -0.3 is 10.2 Å². The van der Waals surface area contributed by atoms with Crippen molar-refractivity contribution in [2.45, 2.75) is 26.3 Å². The van der Waals surface area contributed by atoms with E-state index >= 15 is 0 Å². The van der Waals surface area contributed by atoms with Crippen LogP contribution >= 0.6 is 0 Å². The van der Waals surface area contributed by atoms with Gasteiger partial charge in [-0.3, -0.25) is 19.3 Å². The average Bonchev–Trinajstić information content (AvgIpc) is 3.31. The van der Waals surface area contributed by atoms with Gasteiger partial charge in [-0.2, -0.15) is 0 Å². The molecule has 0 radical (unpaired) electrons. The lowest BCUT2D eigenvalue weighted by molar-refractivity contribution is -0.121. The summed E-state index contributed by atoms with van der Waals surface area (Å²) < 4.78 is 0. The smallest absolute Gasteiger partial charge is 0.262 e. The number of benzene rings is 1. The van der Waals surface area contributed by atoms with Crippen LogP contribution in [0.15, 0.2) is 36.5 Å². The molecule has 1 aromatic carbocycles. The SMILES string of the molecule is Cc1ccc2c(c1)C(=O)N(CC(=O)NCc1ccnc(N3CCCC3)c1)C2=O. The third kappa shape index (κ3) is 3.47. The molecular formula is C21H22N4O3. The zero-order valence-electron chi connectivity index (χ0n) is 15.8. The van der Waals surface area contributed by atoms with Crippen molar-refractivity contribution in [1.29, 1.82) is 0 Å². The number of rotatable bonds is 5. The van der Waals surface area contributed by atoms with Gasteiger partial charge in [0, 0.05) is 25.8 Å². The summed E-state index contributed by atoms with van der Waals surface area (Å²) in [6, 6.07) is 8.93. The van der Waals surface area contributed by atoms with E-state index in [1.165, 1.54) is 12.8 Å². The van der Waals surface area contributed by atoms with Crippen molar-refractivity contribution in [2.75, 3.05) is 24.5 Å². The fraction of sp³-hybridized carbons (Fsp3) is 0.333. The molecule has 3 amide bonds. The van der Waals surface area contributed by atoms with E-state index in [-0.39, 0.29) is 12.5 Å². The van der Waals surface area contributed by atoms with Crippen LogP contribution < -0.4 is 10.2 Å². The molecule has 7 heteroatoms. The molecule has 28 heavy (non-hydrogen) atoms. The number of imide groups is 1. The Morgan fingerprint density at radius 2 is 1.82 bits per heavy atom. The normalized spacial score (nSPS) is 15.9. The molecule has 0 unspecified atom stereocenters. The summed E-state index contributed by atoms with van der Waals surface area (Å²) in [5, 5.41) is 2.79. The van der Waals surface area contributed by atoms with Crippen LogP contribution in [0.5, 0.6) is 0 Å². The number of hydrogen-bond acceptors (Lipinski definition) is 5. The van der Waals surface area contributed by atoms with Gasteiger partial charge in [0.05, 0.1) is 11.1 Å². The topological polar surface area (TPSA) is 82.6 Å². The molecule has 3 heterocycles. The van der Waals surface area contributed by atoms with E-state index in [2.05, 4.69) is 15.2 Å². The summed E-state index contributed by atoms with van der Waals surface area (Å²) >= 11 is 0. The van der Waals surface area contributed by atoms with Crippen LogP contribution in [0.4, 0.5) is 5.82 Å². The molecule has 1 aromatic heterocycles. The number of pyridine rings is 1. The monoisotopic (exact) mass is 378 g/mol. The lowest BCUT2D eigenvalue weighted by Gasteiger charge is -2.17. The fourth-order valence-corrected chi connectivity index (χ4v) is 3.64. The summed E-state index contributed by atoms with van der Waals surface area (Å²) in [5.74, 6) is -0.291. The van der Waals surface area contributed by atoms with Crippen molar-refractivity contribution in [3.05, 3.63) is 58.8 Å². The minimum Gasteiger partial charge on any atom is -0.357 e. The quantitative estimate of drug-likeness (QED) is 0.804. The Kier molecular flexibility index (Phi) is 4.81. The largest absolute Gasteiger partial charge is 0.357 e. The van der Waals surface area contributed by atoms with Crippen molar-refractivity contribution >= 4 is 23.5 Å². The molecule has 0 bridgehead atoms. The number of aromatic nitrogens is 1. The Balaban J connectivity index is 1.37. The Morgan fingerprint density at radius 1 is 1.07 bits per heavy atom. The van der Waals surface area contributed by atoms with E-state index in [0.29, 0.717) is 17.7 Å². The van der Waals surface area contributed by atoms with Crippen molar-refractivity contribution < 1.29 is 14.4 Å². The molecular weight excluding hydrogens is 356 g/mol. The Labute approximate surface area is 163 Å². The summed E-state index contributed by atoms with van der Waals surface area (Å²) in [7, 11) is 0. The third-order valence-corrected chi connectivity index (χ3v) is 5.16. The first-order chi connectivity index (χ1) is 13.5. The van der Waals surface area contributed by atoms with Gasteiger partial charge in [0.15, 0.2) is 0 Å². The lowest BCUT2D eigenvalue weighted by Crippen LogP contribution is -2.40. The van der Waals surface area contributed by atoms with Gasteiger partial charge in [-0.15, -0.1) is 0 Å². The van der Waals surface area contributed by atoms with Crippen LogP contribution in [0.25, 0.3) is 0 Å². The number of nitrogens with one attached hydrogen (secondary N) is 1. The zero-order valence-corrected chi connectivity index (χ0v) is 15.8. The first-order valence-electron chi connectivity index (χ1n) is 9.46. The minimum atomic E-state index is -0.421. The van der Waals surface area contributed by atoms with Gasteiger partial charge in [-0.05, 0) is 49.6 Å². The van der Waals surface area contributed by atoms with Gasteiger partial charge in [0.25, 0.3) is 11.8 Å². The molecule has 7 nitrogen and oxygen atoms in total. The number of carbonyl (C=O) groups is 3. The highest BCUT2D eigenvalue weighted by Gasteiger charge is 2.36. The van der Waals surface area contributed by atoms with Crippen LogP contribution in [0, 0.1) is 6.92 Å². The highest BCUT2D eigenvalue weighted by molar-refractivity contribution is 6.22. The molecule has 0 atom stereocenters. The van der Waals surface area contributed by atoms with E-state index in [1.54, 1.807) is 24.4 Å². The van der Waals surface area contributed by atoms with E-state index in [1.807, 2.05) is 19.1 Å². The summed E-state index contributed by atoms with van der Waals surface area (Å²) in [5.41, 5.74) is 2.55. The number of amides is 3. The number of hydrogen-bond donors (Lipinski definition) is 1. The maximum Gasteiger partial charge on any atom is 0.262 e. The van der Waals surface area contributed by atoms with Crippen molar-refractivity contribution in [3.63, 3.8) is 0 Å². The maximum absolute atomic E-state index is 12.5. The standard InChI is InChI=1S/C21H22N4O3/c1-14-4-5-16-17(10-14)21(28)25(20(16)27)13-19(26)23-12-15-6-7-22-18(11-15)24-8-2-3-9-24/h4-7,10-11H,2-3,8-9,12-13H2,1H3,(H,23,26). The van der Waals surface area contributed by atoms with Crippen LogP contribution in [0.1, 0.15) is 44.7 Å². The molecule has 1 fully saturated rings. The van der Waals surface area contributed by atoms with Gasteiger partial charge in [-0.25, -0.2) is 4.98 Å². The third-order valence-electron chi connectivity index (χ3n) is 5.16. The molecule has 4 rings (SSSR count). The van der Waals surface area contributed by atoms with Crippen LogP contribution in [0.2, 0.25) is 0 Å². The van der Waals surface area contributed by atoms with Gasteiger partial charge in [0.1, 0.15) is 12.4 Å². The second-order valence-electron chi connectivity index (χ2n) is 7.24. The van der Waals surface area contributed by atoms with Gasteiger partial charge in [-0.1, -0.05) is 11.6 Å². The highest BCUT2D eigenvalue weighted by atomic mass is 16.2. The first kappa shape index (κ1) is 18.2. The number of aryl methyl sites for hydroxylation is 1. The molecule has 2 aromatic rings. The summed E-state index contributed by atoms with van der Waals surface area (Å²) in [4.78, 5) is 44.9. The van der Waals surface area contributed by atoms with E-state index in [9.17, 15) is 14.4 Å².